The molecule has 0 heterocycles. The lowest BCUT2D eigenvalue weighted by Crippen LogP contribution is -2.56. The number of amides is 2. The molecule has 0 bridgehead atoms. The van der Waals surface area contributed by atoms with Crippen molar-refractivity contribution in [3.05, 3.63) is 35.9 Å². The molecule has 2 N–H and O–H groups in total. The van der Waals surface area contributed by atoms with Crippen LogP contribution in [0.3, 0.4) is 0 Å². The zero-order valence-corrected chi connectivity index (χ0v) is 14.8. The third kappa shape index (κ3) is 4.81. The van der Waals surface area contributed by atoms with Crippen LogP contribution in [0.4, 0.5) is 0 Å². The minimum absolute atomic E-state index is 0.161. The van der Waals surface area contributed by atoms with E-state index in [-0.39, 0.29) is 11.8 Å². The fraction of sp³-hybridized carbons (Fsp3) is 0.579. The van der Waals surface area contributed by atoms with Crippen molar-refractivity contribution >= 4 is 11.8 Å². The minimum Gasteiger partial charge on any atom is -0.367 e. The molecule has 132 valence electrons. The summed E-state index contributed by atoms with van der Waals surface area (Å²) in [5, 5.41) is 5.78. The molecule has 0 aromatic heterocycles. The van der Waals surface area contributed by atoms with E-state index in [9.17, 15) is 9.59 Å². The summed E-state index contributed by atoms with van der Waals surface area (Å²) < 4.78 is 5.32. The highest BCUT2D eigenvalue weighted by Crippen LogP contribution is 2.24. The second kappa shape index (κ2) is 8.29. The third-order valence-electron chi connectivity index (χ3n) is 4.61. The first-order valence-electron chi connectivity index (χ1n) is 8.62. The van der Waals surface area contributed by atoms with Gasteiger partial charge in [0.2, 0.25) is 5.91 Å². The predicted molar refractivity (Wildman–Crippen MR) is 93.4 cm³/mol. The van der Waals surface area contributed by atoms with E-state index in [1.165, 1.54) is 32.8 Å². The van der Waals surface area contributed by atoms with Gasteiger partial charge < -0.3 is 15.4 Å². The Morgan fingerprint density at radius 2 is 1.83 bits per heavy atom. The smallest absolute Gasteiger partial charge is 0.254 e. The maximum absolute atomic E-state index is 12.5. The monoisotopic (exact) mass is 332 g/mol. The summed E-state index contributed by atoms with van der Waals surface area (Å²) in [5.74, 6) is 0.0897. The fourth-order valence-electron chi connectivity index (χ4n) is 3.13. The standard InChI is InChI=1S/C19H28N2O3/c1-19(2,18(23)20-13-14-9-7-8-10-14)21-17(22)16(24-3)15-11-5-4-6-12-15/h4-6,11-12,14,16H,7-10,13H2,1-3H3,(H,20,23)(H,21,22). The largest absolute Gasteiger partial charge is 0.367 e. The average molecular weight is 332 g/mol. The van der Waals surface area contributed by atoms with Crippen LogP contribution in [0.1, 0.15) is 51.2 Å². The van der Waals surface area contributed by atoms with Crippen LogP contribution < -0.4 is 10.6 Å². The highest BCUT2D eigenvalue weighted by Gasteiger charge is 2.33. The van der Waals surface area contributed by atoms with E-state index in [4.69, 9.17) is 4.74 Å². The van der Waals surface area contributed by atoms with Crippen molar-refractivity contribution in [3.8, 4) is 0 Å². The van der Waals surface area contributed by atoms with Gasteiger partial charge in [-0.05, 0) is 38.2 Å². The number of carbonyl (C=O) groups excluding carboxylic acids is 2. The summed E-state index contributed by atoms with van der Waals surface area (Å²) in [6, 6.07) is 9.26. The molecule has 1 unspecified atom stereocenters. The Labute approximate surface area is 144 Å². The Morgan fingerprint density at radius 1 is 1.21 bits per heavy atom. The number of carbonyl (C=O) groups is 2. The van der Waals surface area contributed by atoms with Crippen LogP contribution in [0.15, 0.2) is 30.3 Å². The third-order valence-corrected chi connectivity index (χ3v) is 4.61. The number of hydrogen-bond donors (Lipinski definition) is 2. The molecule has 1 aliphatic carbocycles. The van der Waals surface area contributed by atoms with Gasteiger partial charge in [0.25, 0.3) is 5.91 Å². The summed E-state index contributed by atoms with van der Waals surface area (Å²) in [7, 11) is 1.49. The maximum Gasteiger partial charge on any atom is 0.254 e. The second-order valence-corrected chi connectivity index (χ2v) is 7.00. The van der Waals surface area contributed by atoms with E-state index in [0.29, 0.717) is 12.5 Å². The normalized spacial score (nSPS) is 16.6. The first kappa shape index (κ1) is 18.5. The van der Waals surface area contributed by atoms with Gasteiger partial charge in [0, 0.05) is 13.7 Å². The van der Waals surface area contributed by atoms with Crippen molar-refractivity contribution in [1.82, 2.24) is 10.6 Å². The van der Waals surface area contributed by atoms with Gasteiger partial charge in [-0.2, -0.15) is 0 Å². The molecule has 1 atom stereocenters. The van der Waals surface area contributed by atoms with Gasteiger partial charge in [-0.25, -0.2) is 0 Å². The summed E-state index contributed by atoms with van der Waals surface area (Å²) in [6.45, 7) is 4.11. The maximum atomic E-state index is 12.5. The van der Waals surface area contributed by atoms with Crippen molar-refractivity contribution < 1.29 is 14.3 Å². The van der Waals surface area contributed by atoms with Crippen molar-refractivity contribution in [1.29, 1.82) is 0 Å². The van der Waals surface area contributed by atoms with Crippen molar-refractivity contribution in [3.63, 3.8) is 0 Å². The predicted octanol–water partition coefficient (Wildman–Crippen LogP) is 2.58. The lowest BCUT2D eigenvalue weighted by Gasteiger charge is -2.28. The molecule has 5 heteroatoms. The lowest BCUT2D eigenvalue weighted by molar-refractivity contribution is -0.138. The molecular formula is C19H28N2O3. The van der Waals surface area contributed by atoms with Crippen LogP contribution in [0, 0.1) is 5.92 Å². The summed E-state index contributed by atoms with van der Waals surface area (Å²) in [6.07, 6.45) is 4.10. The van der Waals surface area contributed by atoms with Crippen LogP contribution >= 0.6 is 0 Å². The molecule has 5 nitrogen and oxygen atoms in total. The van der Waals surface area contributed by atoms with E-state index < -0.39 is 11.6 Å². The number of benzene rings is 1. The lowest BCUT2D eigenvalue weighted by atomic mass is 10.0. The zero-order chi connectivity index (χ0) is 17.6. The van der Waals surface area contributed by atoms with Crippen LogP contribution in [0.25, 0.3) is 0 Å². The Bertz CT molecular complexity index is 551. The Kier molecular flexibility index (Phi) is 6.37. The zero-order valence-electron chi connectivity index (χ0n) is 14.8. The van der Waals surface area contributed by atoms with Gasteiger partial charge in [-0.3, -0.25) is 9.59 Å². The summed E-state index contributed by atoms with van der Waals surface area (Å²) in [5.41, 5.74) is -0.221. The molecule has 1 fully saturated rings. The molecule has 24 heavy (non-hydrogen) atoms. The first-order chi connectivity index (χ1) is 11.4. The van der Waals surface area contributed by atoms with Gasteiger partial charge in [-0.15, -0.1) is 0 Å². The Morgan fingerprint density at radius 3 is 2.42 bits per heavy atom. The molecule has 1 aromatic carbocycles. The van der Waals surface area contributed by atoms with Crippen molar-refractivity contribution in [2.24, 2.45) is 5.92 Å². The molecule has 0 spiro atoms. The van der Waals surface area contributed by atoms with E-state index in [1.54, 1.807) is 13.8 Å². The molecule has 1 aromatic rings. The molecule has 0 aliphatic heterocycles. The molecule has 1 aliphatic rings. The number of ether oxygens (including phenoxy) is 1. The molecule has 0 radical (unpaired) electrons. The Hall–Kier alpha value is -1.88. The van der Waals surface area contributed by atoms with Crippen molar-refractivity contribution in [2.75, 3.05) is 13.7 Å². The quantitative estimate of drug-likeness (QED) is 0.806. The molecule has 0 saturated heterocycles. The molecule has 2 amide bonds. The highest BCUT2D eigenvalue weighted by atomic mass is 16.5. The van der Waals surface area contributed by atoms with Gasteiger partial charge in [0.15, 0.2) is 6.10 Å². The van der Waals surface area contributed by atoms with Crippen LogP contribution in [0.2, 0.25) is 0 Å². The second-order valence-electron chi connectivity index (χ2n) is 7.00. The fourth-order valence-corrected chi connectivity index (χ4v) is 3.13. The molecule has 2 rings (SSSR count). The average Bonchev–Trinajstić information content (AvgIpc) is 3.07. The van der Waals surface area contributed by atoms with E-state index >= 15 is 0 Å². The van der Waals surface area contributed by atoms with Crippen LogP contribution in [-0.2, 0) is 14.3 Å². The molecule has 1 saturated carbocycles. The number of hydrogen-bond acceptors (Lipinski definition) is 3. The molecular weight excluding hydrogens is 304 g/mol. The minimum atomic E-state index is -0.985. The van der Waals surface area contributed by atoms with E-state index in [2.05, 4.69) is 10.6 Å². The topological polar surface area (TPSA) is 67.4 Å². The number of nitrogens with one attached hydrogen (secondary N) is 2. The van der Waals surface area contributed by atoms with Gasteiger partial charge in [0.05, 0.1) is 0 Å². The van der Waals surface area contributed by atoms with Gasteiger partial charge >= 0.3 is 0 Å². The van der Waals surface area contributed by atoms with E-state index in [0.717, 1.165) is 5.56 Å². The van der Waals surface area contributed by atoms with Crippen molar-refractivity contribution in [2.45, 2.75) is 51.2 Å². The van der Waals surface area contributed by atoms with Gasteiger partial charge in [0.1, 0.15) is 5.54 Å². The van der Waals surface area contributed by atoms with Gasteiger partial charge in [-0.1, -0.05) is 43.2 Å². The Balaban J connectivity index is 1.93. The number of methoxy groups -OCH3 is 1. The summed E-state index contributed by atoms with van der Waals surface area (Å²) >= 11 is 0. The first-order valence-corrected chi connectivity index (χ1v) is 8.62. The SMILES string of the molecule is COC(C(=O)NC(C)(C)C(=O)NCC1CCCC1)c1ccccc1. The van der Waals surface area contributed by atoms with Crippen LogP contribution in [-0.4, -0.2) is 31.0 Å². The number of rotatable bonds is 7. The highest BCUT2D eigenvalue weighted by molar-refractivity contribution is 5.92. The summed E-state index contributed by atoms with van der Waals surface area (Å²) in [4.78, 5) is 25.0. The van der Waals surface area contributed by atoms with E-state index in [1.807, 2.05) is 30.3 Å². The van der Waals surface area contributed by atoms with Crippen LogP contribution in [0.5, 0.6) is 0 Å².